The first kappa shape index (κ1) is 20.0. The molecule has 4 rings (SSSR count). The quantitative estimate of drug-likeness (QED) is 0.410. The molecule has 0 bridgehead atoms. The summed E-state index contributed by atoms with van der Waals surface area (Å²) in [5.74, 6) is 1.59. The van der Waals surface area contributed by atoms with Crippen LogP contribution in [-0.2, 0) is 17.8 Å². The lowest BCUT2D eigenvalue weighted by Gasteiger charge is -2.20. The van der Waals surface area contributed by atoms with Gasteiger partial charge in [0.15, 0.2) is 0 Å². The Morgan fingerprint density at radius 3 is 2.40 bits per heavy atom. The van der Waals surface area contributed by atoms with Crippen LogP contribution < -0.4 is 0 Å². The first-order valence-electron chi connectivity index (χ1n) is 9.84. The first-order chi connectivity index (χ1) is 14.7. The highest BCUT2D eigenvalue weighted by Gasteiger charge is 2.22. The maximum Gasteiger partial charge on any atom is 0.253 e. The van der Waals surface area contributed by atoms with Gasteiger partial charge in [0.05, 0.1) is 13.2 Å². The standard InChI is InChI=1S/C23H24N4O3/c1-17-21(22(26-30-17)19-11-7-4-8-12-19)23-25-24-20(29-23)16-27(13-14-28-2)15-18-9-5-3-6-10-18/h3-12H,13-16H2,1-2H3. The highest BCUT2D eigenvalue weighted by Crippen LogP contribution is 2.33. The number of rotatable bonds is 9. The van der Waals surface area contributed by atoms with E-state index in [2.05, 4.69) is 32.4 Å². The highest BCUT2D eigenvalue weighted by molar-refractivity contribution is 5.77. The molecule has 0 radical (unpaired) electrons. The fourth-order valence-corrected chi connectivity index (χ4v) is 3.30. The van der Waals surface area contributed by atoms with E-state index >= 15 is 0 Å². The molecule has 0 aliphatic heterocycles. The van der Waals surface area contributed by atoms with Crippen molar-refractivity contribution in [2.75, 3.05) is 20.3 Å². The van der Waals surface area contributed by atoms with Crippen molar-refractivity contribution in [2.24, 2.45) is 0 Å². The van der Waals surface area contributed by atoms with Crippen LogP contribution in [0.5, 0.6) is 0 Å². The number of aromatic nitrogens is 3. The molecule has 7 nitrogen and oxygen atoms in total. The minimum Gasteiger partial charge on any atom is -0.419 e. The molecule has 30 heavy (non-hydrogen) atoms. The largest absolute Gasteiger partial charge is 0.419 e. The second-order valence-electron chi connectivity index (χ2n) is 7.02. The molecule has 0 amide bonds. The molecule has 0 saturated carbocycles. The SMILES string of the molecule is COCCN(Cc1ccccc1)Cc1nnc(-c2c(-c3ccccc3)noc2C)o1. The second kappa shape index (κ2) is 9.47. The number of hydrogen-bond acceptors (Lipinski definition) is 7. The second-order valence-corrected chi connectivity index (χ2v) is 7.02. The van der Waals surface area contributed by atoms with Crippen LogP contribution >= 0.6 is 0 Å². The third-order valence-electron chi connectivity index (χ3n) is 4.81. The summed E-state index contributed by atoms with van der Waals surface area (Å²) >= 11 is 0. The van der Waals surface area contributed by atoms with Crippen LogP contribution in [0.15, 0.2) is 69.6 Å². The molecule has 154 valence electrons. The molecule has 0 atom stereocenters. The average Bonchev–Trinajstić information content (AvgIpc) is 3.39. The molecule has 2 aromatic carbocycles. The Hall–Kier alpha value is -3.29. The van der Waals surface area contributed by atoms with Crippen molar-refractivity contribution in [3.8, 4) is 22.7 Å². The molecule has 0 N–H and O–H groups in total. The van der Waals surface area contributed by atoms with Crippen LogP contribution in [0.2, 0.25) is 0 Å². The first-order valence-corrected chi connectivity index (χ1v) is 9.84. The zero-order valence-electron chi connectivity index (χ0n) is 17.1. The van der Waals surface area contributed by atoms with E-state index in [9.17, 15) is 0 Å². The highest BCUT2D eigenvalue weighted by atomic mass is 16.5. The van der Waals surface area contributed by atoms with E-state index in [1.54, 1.807) is 7.11 Å². The van der Waals surface area contributed by atoms with Gasteiger partial charge >= 0.3 is 0 Å². The van der Waals surface area contributed by atoms with Gasteiger partial charge in [-0.05, 0) is 12.5 Å². The number of hydrogen-bond donors (Lipinski definition) is 0. The average molecular weight is 404 g/mol. The van der Waals surface area contributed by atoms with E-state index in [0.29, 0.717) is 36.4 Å². The van der Waals surface area contributed by atoms with Gasteiger partial charge in [0.25, 0.3) is 5.89 Å². The van der Waals surface area contributed by atoms with Crippen LogP contribution in [0.1, 0.15) is 17.2 Å². The lowest BCUT2D eigenvalue weighted by Crippen LogP contribution is -2.26. The summed E-state index contributed by atoms with van der Waals surface area (Å²) in [7, 11) is 1.70. The molecule has 7 heteroatoms. The molecular formula is C23H24N4O3. The van der Waals surface area contributed by atoms with E-state index < -0.39 is 0 Å². The molecule has 0 unspecified atom stereocenters. The van der Waals surface area contributed by atoms with Crippen molar-refractivity contribution in [1.82, 2.24) is 20.3 Å². The van der Waals surface area contributed by atoms with Gasteiger partial charge in [-0.25, -0.2) is 0 Å². The molecule has 0 aliphatic carbocycles. The van der Waals surface area contributed by atoms with Crippen molar-refractivity contribution in [3.63, 3.8) is 0 Å². The Labute approximate surface area is 175 Å². The van der Waals surface area contributed by atoms with Gasteiger partial charge < -0.3 is 13.7 Å². The van der Waals surface area contributed by atoms with Crippen LogP contribution in [0, 0.1) is 6.92 Å². The van der Waals surface area contributed by atoms with E-state index in [1.165, 1.54) is 5.56 Å². The van der Waals surface area contributed by atoms with Crippen molar-refractivity contribution < 1.29 is 13.7 Å². The number of ether oxygens (including phenoxy) is 1. The maximum atomic E-state index is 6.01. The third kappa shape index (κ3) is 4.64. The van der Waals surface area contributed by atoms with Crippen LogP contribution in [-0.4, -0.2) is 40.5 Å². The van der Waals surface area contributed by atoms with Crippen molar-refractivity contribution in [2.45, 2.75) is 20.0 Å². The number of nitrogens with zero attached hydrogens (tertiary/aromatic N) is 4. The molecule has 0 spiro atoms. The predicted molar refractivity (Wildman–Crippen MR) is 112 cm³/mol. The van der Waals surface area contributed by atoms with Gasteiger partial charge in [0.2, 0.25) is 5.89 Å². The topological polar surface area (TPSA) is 77.4 Å². The normalized spacial score (nSPS) is 11.3. The fraction of sp³-hybridized carbons (Fsp3) is 0.261. The van der Waals surface area contributed by atoms with E-state index in [-0.39, 0.29) is 0 Å². The van der Waals surface area contributed by atoms with E-state index in [1.807, 2.05) is 55.5 Å². The molecule has 2 heterocycles. The van der Waals surface area contributed by atoms with Gasteiger partial charge in [-0.3, -0.25) is 4.90 Å². The van der Waals surface area contributed by atoms with Gasteiger partial charge in [-0.1, -0.05) is 65.8 Å². The summed E-state index contributed by atoms with van der Waals surface area (Å²) in [6.45, 7) is 4.51. The Morgan fingerprint density at radius 2 is 1.67 bits per heavy atom. The van der Waals surface area contributed by atoms with Gasteiger partial charge in [0, 0.05) is 25.8 Å². The molecule has 0 aliphatic rings. The predicted octanol–water partition coefficient (Wildman–Crippen LogP) is 4.35. The lowest BCUT2D eigenvalue weighted by atomic mass is 10.1. The Bertz CT molecular complexity index is 1060. The van der Waals surface area contributed by atoms with Crippen molar-refractivity contribution in [1.29, 1.82) is 0 Å². The van der Waals surface area contributed by atoms with Crippen LogP contribution in [0.3, 0.4) is 0 Å². The van der Waals surface area contributed by atoms with Gasteiger partial charge in [-0.2, -0.15) is 0 Å². The van der Waals surface area contributed by atoms with Crippen LogP contribution in [0.25, 0.3) is 22.7 Å². The summed E-state index contributed by atoms with van der Waals surface area (Å²) < 4.78 is 16.7. The minimum atomic E-state index is 0.411. The number of benzene rings is 2. The molecule has 2 aromatic heterocycles. The maximum absolute atomic E-state index is 6.01. The molecule has 4 aromatic rings. The van der Waals surface area contributed by atoms with Gasteiger partial charge in [0.1, 0.15) is 17.0 Å². The summed E-state index contributed by atoms with van der Waals surface area (Å²) in [5.41, 5.74) is 3.58. The molecule has 0 saturated heterocycles. The smallest absolute Gasteiger partial charge is 0.253 e. The Kier molecular flexibility index (Phi) is 6.32. The summed E-state index contributed by atoms with van der Waals surface area (Å²) in [4.78, 5) is 2.22. The zero-order chi connectivity index (χ0) is 20.8. The van der Waals surface area contributed by atoms with Crippen molar-refractivity contribution >= 4 is 0 Å². The Morgan fingerprint density at radius 1 is 0.933 bits per heavy atom. The van der Waals surface area contributed by atoms with E-state index in [0.717, 1.165) is 24.2 Å². The molecule has 0 fully saturated rings. The monoisotopic (exact) mass is 404 g/mol. The lowest BCUT2D eigenvalue weighted by molar-refractivity contribution is 0.134. The minimum absolute atomic E-state index is 0.411. The number of methoxy groups -OCH3 is 1. The summed E-state index contributed by atoms with van der Waals surface area (Å²) in [6.07, 6.45) is 0. The molecular weight excluding hydrogens is 380 g/mol. The third-order valence-corrected chi connectivity index (χ3v) is 4.81. The zero-order valence-corrected chi connectivity index (χ0v) is 17.1. The Balaban J connectivity index is 1.55. The van der Waals surface area contributed by atoms with E-state index in [4.69, 9.17) is 13.7 Å². The van der Waals surface area contributed by atoms with Crippen LogP contribution in [0.4, 0.5) is 0 Å². The fourth-order valence-electron chi connectivity index (χ4n) is 3.30. The summed E-state index contributed by atoms with van der Waals surface area (Å²) in [6, 6.07) is 20.1. The summed E-state index contributed by atoms with van der Waals surface area (Å²) in [5, 5.41) is 12.7. The van der Waals surface area contributed by atoms with Crippen molar-refractivity contribution in [3.05, 3.63) is 77.9 Å². The number of aryl methyl sites for hydroxylation is 1. The van der Waals surface area contributed by atoms with Gasteiger partial charge in [-0.15, -0.1) is 10.2 Å².